The number of rotatable bonds is 5. The van der Waals surface area contributed by atoms with E-state index in [1.54, 1.807) is 6.07 Å². The summed E-state index contributed by atoms with van der Waals surface area (Å²) in [5.74, 6) is 6.33. The maximum Gasteiger partial charge on any atom is 0.119 e. The predicted molar refractivity (Wildman–Crippen MR) is 78.5 cm³/mol. The molecule has 0 aliphatic carbocycles. The first-order valence-electron chi connectivity index (χ1n) is 5.80. The third kappa shape index (κ3) is 3.61. The zero-order valence-electron chi connectivity index (χ0n) is 10.1. The molecule has 3 N–H and O–H groups in total. The van der Waals surface area contributed by atoms with E-state index in [-0.39, 0.29) is 6.04 Å². The molecule has 19 heavy (non-hydrogen) atoms. The van der Waals surface area contributed by atoms with Crippen LogP contribution in [0.5, 0.6) is 5.75 Å². The largest absolute Gasteiger partial charge is 0.492 e. The van der Waals surface area contributed by atoms with Crippen LogP contribution in [0.4, 0.5) is 0 Å². The second-order valence-corrected chi connectivity index (χ2v) is 4.77. The molecule has 0 aliphatic rings. The average Bonchev–Trinajstić information content (AvgIpc) is 2.45. The van der Waals surface area contributed by atoms with Gasteiger partial charge >= 0.3 is 0 Å². The molecule has 2 aromatic carbocycles. The van der Waals surface area contributed by atoms with Crippen LogP contribution in [0.2, 0.25) is 10.0 Å². The predicted octanol–water partition coefficient (Wildman–Crippen LogP) is 3.58. The monoisotopic (exact) mass is 296 g/mol. The highest BCUT2D eigenvalue weighted by molar-refractivity contribution is 6.42. The fraction of sp³-hybridized carbons (Fsp3) is 0.143. The van der Waals surface area contributed by atoms with Crippen molar-refractivity contribution in [1.82, 2.24) is 5.43 Å². The van der Waals surface area contributed by atoms with E-state index in [1.807, 2.05) is 42.5 Å². The number of ether oxygens (including phenoxy) is 1. The van der Waals surface area contributed by atoms with Gasteiger partial charge in [0.15, 0.2) is 0 Å². The van der Waals surface area contributed by atoms with Crippen molar-refractivity contribution in [2.24, 2.45) is 5.84 Å². The minimum Gasteiger partial charge on any atom is -0.492 e. The quantitative estimate of drug-likeness (QED) is 0.655. The standard InChI is InChI=1S/C14H14Cl2N2O/c15-12-8-4-7-11(14(12)16)13(18-17)9-19-10-5-2-1-3-6-10/h1-8,13,18H,9,17H2. The minimum atomic E-state index is -0.230. The molecule has 0 fully saturated rings. The second kappa shape index (κ2) is 6.78. The van der Waals surface area contributed by atoms with Gasteiger partial charge < -0.3 is 4.74 Å². The first-order valence-corrected chi connectivity index (χ1v) is 6.56. The maximum absolute atomic E-state index is 6.17. The van der Waals surface area contributed by atoms with Gasteiger partial charge in [0, 0.05) is 0 Å². The van der Waals surface area contributed by atoms with Crippen LogP contribution in [0.15, 0.2) is 48.5 Å². The molecule has 0 aliphatic heterocycles. The Kier molecular flexibility index (Phi) is 5.05. The maximum atomic E-state index is 6.17. The summed E-state index contributed by atoms with van der Waals surface area (Å²) >= 11 is 12.2. The fourth-order valence-corrected chi connectivity index (χ4v) is 2.15. The van der Waals surface area contributed by atoms with Crippen molar-refractivity contribution in [3.8, 4) is 5.75 Å². The summed E-state index contributed by atoms with van der Waals surface area (Å²) in [6, 6.07) is 14.7. The number of benzene rings is 2. The summed E-state index contributed by atoms with van der Waals surface area (Å²) in [6.07, 6.45) is 0. The Morgan fingerprint density at radius 3 is 2.47 bits per heavy atom. The third-order valence-corrected chi connectivity index (χ3v) is 3.55. The number of hydrogen-bond acceptors (Lipinski definition) is 3. The molecule has 3 nitrogen and oxygen atoms in total. The molecule has 0 amide bonds. The summed E-state index contributed by atoms with van der Waals surface area (Å²) in [5.41, 5.74) is 3.50. The summed E-state index contributed by atoms with van der Waals surface area (Å²) in [4.78, 5) is 0. The van der Waals surface area contributed by atoms with Gasteiger partial charge in [-0.05, 0) is 23.8 Å². The minimum absolute atomic E-state index is 0.230. The topological polar surface area (TPSA) is 47.3 Å². The van der Waals surface area contributed by atoms with Crippen LogP contribution in [0, 0.1) is 0 Å². The van der Waals surface area contributed by atoms with Crippen molar-refractivity contribution in [1.29, 1.82) is 0 Å². The number of halogens is 2. The van der Waals surface area contributed by atoms with Crippen LogP contribution < -0.4 is 16.0 Å². The van der Waals surface area contributed by atoms with E-state index in [0.29, 0.717) is 16.7 Å². The highest BCUT2D eigenvalue weighted by Gasteiger charge is 2.15. The number of hydrogen-bond donors (Lipinski definition) is 2. The molecule has 0 spiro atoms. The Labute approximate surface area is 122 Å². The Hall–Kier alpha value is -1.26. The van der Waals surface area contributed by atoms with Crippen molar-refractivity contribution < 1.29 is 4.74 Å². The molecule has 0 radical (unpaired) electrons. The number of hydrazine groups is 1. The first-order chi connectivity index (χ1) is 9.22. The van der Waals surface area contributed by atoms with Gasteiger partial charge in [-0.1, -0.05) is 53.5 Å². The molecule has 5 heteroatoms. The molecule has 2 aromatic rings. The normalized spacial score (nSPS) is 12.2. The van der Waals surface area contributed by atoms with Crippen LogP contribution in [0.3, 0.4) is 0 Å². The lowest BCUT2D eigenvalue weighted by Gasteiger charge is -2.18. The van der Waals surface area contributed by atoms with Crippen molar-refractivity contribution in [2.45, 2.75) is 6.04 Å². The van der Waals surface area contributed by atoms with Crippen molar-refractivity contribution in [3.05, 3.63) is 64.1 Å². The van der Waals surface area contributed by atoms with E-state index in [9.17, 15) is 0 Å². The van der Waals surface area contributed by atoms with E-state index in [2.05, 4.69) is 5.43 Å². The van der Waals surface area contributed by atoms with E-state index in [0.717, 1.165) is 11.3 Å². The van der Waals surface area contributed by atoms with Gasteiger partial charge in [-0.3, -0.25) is 5.84 Å². The summed E-state index contributed by atoms with van der Waals surface area (Å²) in [5, 5.41) is 0.989. The third-order valence-electron chi connectivity index (χ3n) is 2.72. The van der Waals surface area contributed by atoms with Crippen LogP contribution >= 0.6 is 23.2 Å². The SMILES string of the molecule is NNC(COc1ccccc1)c1cccc(Cl)c1Cl. The Balaban J connectivity index is 2.10. The van der Waals surface area contributed by atoms with Gasteiger partial charge in [0.2, 0.25) is 0 Å². The lowest BCUT2D eigenvalue weighted by molar-refractivity contribution is 0.267. The van der Waals surface area contributed by atoms with Gasteiger partial charge in [-0.2, -0.15) is 0 Å². The lowest BCUT2D eigenvalue weighted by Crippen LogP contribution is -2.32. The van der Waals surface area contributed by atoms with Gasteiger partial charge in [0.25, 0.3) is 0 Å². The molecular formula is C14H14Cl2N2O. The molecule has 1 atom stereocenters. The average molecular weight is 297 g/mol. The van der Waals surface area contributed by atoms with Gasteiger partial charge in [0.05, 0.1) is 16.1 Å². The lowest BCUT2D eigenvalue weighted by atomic mass is 10.1. The number of para-hydroxylation sites is 1. The molecule has 2 rings (SSSR count). The molecule has 0 aromatic heterocycles. The number of nitrogens with two attached hydrogens (primary N) is 1. The zero-order valence-corrected chi connectivity index (χ0v) is 11.7. The molecule has 0 saturated heterocycles. The van der Waals surface area contributed by atoms with Crippen molar-refractivity contribution >= 4 is 23.2 Å². The smallest absolute Gasteiger partial charge is 0.119 e. The number of nitrogens with one attached hydrogen (secondary N) is 1. The highest BCUT2D eigenvalue weighted by Crippen LogP contribution is 2.30. The van der Waals surface area contributed by atoms with Crippen LogP contribution in [-0.4, -0.2) is 6.61 Å². The Morgan fingerprint density at radius 1 is 1.05 bits per heavy atom. The first kappa shape index (κ1) is 14.2. The molecule has 100 valence electrons. The van der Waals surface area contributed by atoms with E-state index < -0.39 is 0 Å². The van der Waals surface area contributed by atoms with Crippen LogP contribution in [-0.2, 0) is 0 Å². The van der Waals surface area contributed by atoms with Crippen molar-refractivity contribution in [2.75, 3.05) is 6.61 Å². The van der Waals surface area contributed by atoms with E-state index >= 15 is 0 Å². The summed E-state index contributed by atoms with van der Waals surface area (Å²) in [6.45, 7) is 0.362. The molecular weight excluding hydrogens is 283 g/mol. The fourth-order valence-electron chi connectivity index (χ4n) is 1.71. The zero-order chi connectivity index (χ0) is 13.7. The van der Waals surface area contributed by atoms with E-state index in [1.165, 1.54) is 0 Å². The second-order valence-electron chi connectivity index (χ2n) is 3.99. The molecule has 0 heterocycles. The molecule has 0 bridgehead atoms. The van der Waals surface area contributed by atoms with E-state index in [4.69, 9.17) is 33.8 Å². The Morgan fingerprint density at radius 2 is 1.79 bits per heavy atom. The highest BCUT2D eigenvalue weighted by atomic mass is 35.5. The van der Waals surface area contributed by atoms with Crippen molar-refractivity contribution in [3.63, 3.8) is 0 Å². The Bertz CT molecular complexity index is 534. The summed E-state index contributed by atoms with van der Waals surface area (Å²) in [7, 11) is 0. The van der Waals surface area contributed by atoms with Crippen LogP contribution in [0.25, 0.3) is 0 Å². The molecule has 1 unspecified atom stereocenters. The van der Waals surface area contributed by atoms with Gasteiger partial charge in [-0.15, -0.1) is 0 Å². The van der Waals surface area contributed by atoms with Gasteiger partial charge in [0.1, 0.15) is 12.4 Å². The van der Waals surface area contributed by atoms with Gasteiger partial charge in [-0.25, -0.2) is 5.43 Å². The van der Waals surface area contributed by atoms with Crippen LogP contribution in [0.1, 0.15) is 11.6 Å². The summed E-state index contributed by atoms with van der Waals surface area (Å²) < 4.78 is 5.66. The molecule has 0 saturated carbocycles.